The monoisotopic (exact) mass is 469 g/mol. The van der Waals surface area contributed by atoms with E-state index < -0.39 is 29.0 Å². The molecule has 4 rings (SSSR count). The van der Waals surface area contributed by atoms with Crippen molar-refractivity contribution in [3.05, 3.63) is 97.8 Å². The largest absolute Gasteiger partial charge is 0.467 e. The molecule has 0 aliphatic rings. The van der Waals surface area contributed by atoms with E-state index in [-0.39, 0.29) is 29.1 Å². The molecule has 0 bridgehead atoms. The van der Waals surface area contributed by atoms with Crippen molar-refractivity contribution < 1.29 is 13.6 Å². The van der Waals surface area contributed by atoms with Crippen LogP contribution in [0.5, 0.6) is 0 Å². The highest BCUT2D eigenvalue weighted by molar-refractivity contribution is 6.30. The lowest BCUT2D eigenvalue weighted by atomic mass is 10.1. The third-order valence-electron chi connectivity index (χ3n) is 5.42. The highest BCUT2D eigenvalue weighted by atomic mass is 35.5. The summed E-state index contributed by atoms with van der Waals surface area (Å²) in [5.41, 5.74) is -0.0502. The SMILES string of the molecule is CCC(C(=O)NCc1ccco1)n1c(=O)n(-c2ccc(F)c(Cl)c2)c(=O)c2cc(C)ccc21. The number of fused-ring (bicyclic) bond motifs is 1. The van der Waals surface area contributed by atoms with Crippen LogP contribution < -0.4 is 16.6 Å². The average molecular weight is 470 g/mol. The Bertz CT molecular complexity index is 1460. The maximum Gasteiger partial charge on any atom is 0.336 e. The summed E-state index contributed by atoms with van der Waals surface area (Å²) in [6.45, 7) is 3.75. The van der Waals surface area contributed by atoms with Gasteiger partial charge in [0.2, 0.25) is 5.91 Å². The number of hydrogen-bond acceptors (Lipinski definition) is 4. The van der Waals surface area contributed by atoms with Crippen LogP contribution in [0.1, 0.15) is 30.7 Å². The number of amides is 1. The number of hydrogen-bond donors (Lipinski definition) is 1. The van der Waals surface area contributed by atoms with Gasteiger partial charge in [-0.2, -0.15) is 0 Å². The number of nitrogens with one attached hydrogen (secondary N) is 1. The zero-order chi connectivity index (χ0) is 23.7. The molecule has 2 aromatic carbocycles. The number of carbonyl (C=O) groups is 1. The highest BCUT2D eigenvalue weighted by Gasteiger charge is 2.25. The lowest BCUT2D eigenvalue weighted by Gasteiger charge is -2.21. The van der Waals surface area contributed by atoms with Crippen molar-refractivity contribution in [3.8, 4) is 5.69 Å². The number of aromatic nitrogens is 2. The van der Waals surface area contributed by atoms with E-state index in [0.717, 1.165) is 16.2 Å². The Balaban J connectivity index is 1.92. The molecule has 170 valence electrons. The Morgan fingerprint density at radius 3 is 2.64 bits per heavy atom. The fourth-order valence-corrected chi connectivity index (χ4v) is 3.97. The Morgan fingerprint density at radius 1 is 1.18 bits per heavy atom. The van der Waals surface area contributed by atoms with Crippen molar-refractivity contribution >= 4 is 28.4 Å². The quantitative estimate of drug-likeness (QED) is 0.460. The second-order valence-electron chi connectivity index (χ2n) is 7.63. The Morgan fingerprint density at radius 2 is 1.97 bits per heavy atom. The molecule has 0 spiro atoms. The molecule has 0 saturated heterocycles. The van der Waals surface area contributed by atoms with E-state index in [9.17, 15) is 18.8 Å². The van der Waals surface area contributed by atoms with Crippen LogP contribution in [0.4, 0.5) is 4.39 Å². The predicted octanol–water partition coefficient (Wildman–Crippen LogP) is 4.11. The van der Waals surface area contributed by atoms with Gasteiger partial charge in [-0.25, -0.2) is 13.8 Å². The van der Waals surface area contributed by atoms with Crippen LogP contribution in [0.15, 0.2) is 68.8 Å². The summed E-state index contributed by atoms with van der Waals surface area (Å²) < 4.78 is 21.2. The van der Waals surface area contributed by atoms with Gasteiger partial charge in [0.15, 0.2) is 0 Å². The van der Waals surface area contributed by atoms with Crippen LogP contribution in [0.2, 0.25) is 5.02 Å². The maximum absolute atomic E-state index is 13.7. The standard InChI is InChI=1S/C24H21ClFN3O4/c1-3-20(22(30)27-13-16-5-4-10-33-16)29-21-9-6-14(2)11-17(21)23(31)28(24(29)32)15-7-8-19(26)18(25)12-15/h4-12,20H,3,13H2,1-2H3,(H,27,30). The topological polar surface area (TPSA) is 86.2 Å². The van der Waals surface area contributed by atoms with Crippen LogP contribution in [0, 0.1) is 12.7 Å². The van der Waals surface area contributed by atoms with Crippen LogP contribution in [-0.4, -0.2) is 15.0 Å². The summed E-state index contributed by atoms with van der Waals surface area (Å²) in [4.78, 5) is 40.0. The van der Waals surface area contributed by atoms with E-state index in [2.05, 4.69) is 5.32 Å². The summed E-state index contributed by atoms with van der Waals surface area (Å²) in [6.07, 6.45) is 1.79. The number of carbonyl (C=O) groups excluding carboxylic acids is 1. The number of furan rings is 1. The molecule has 2 heterocycles. The van der Waals surface area contributed by atoms with Crippen molar-refractivity contribution in [1.29, 1.82) is 0 Å². The van der Waals surface area contributed by atoms with E-state index >= 15 is 0 Å². The number of halogens is 2. The van der Waals surface area contributed by atoms with Crippen molar-refractivity contribution in [2.24, 2.45) is 0 Å². The fourth-order valence-electron chi connectivity index (χ4n) is 3.79. The van der Waals surface area contributed by atoms with Crippen molar-refractivity contribution in [2.45, 2.75) is 32.9 Å². The van der Waals surface area contributed by atoms with Gasteiger partial charge in [0, 0.05) is 0 Å². The molecule has 1 atom stereocenters. The van der Waals surface area contributed by atoms with Crippen LogP contribution in [0.3, 0.4) is 0 Å². The van der Waals surface area contributed by atoms with E-state index in [1.807, 2.05) is 6.92 Å². The van der Waals surface area contributed by atoms with Gasteiger partial charge >= 0.3 is 5.69 Å². The zero-order valence-corrected chi connectivity index (χ0v) is 18.7. The van der Waals surface area contributed by atoms with E-state index in [0.29, 0.717) is 11.3 Å². The molecule has 4 aromatic rings. The third-order valence-corrected chi connectivity index (χ3v) is 5.71. The van der Waals surface area contributed by atoms with Gasteiger partial charge in [0.25, 0.3) is 5.56 Å². The minimum absolute atomic E-state index is 0.111. The van der Waals surface area contributed by atoms with Gasteiger partial charge in [-0.1, -0.05) is 30.2 Å². The Kier molecular flexibility index (Phi) is 6.20. The molecule has 0 radical (unpaired) electrons. The summed E-state index contributed by atoms with van der Waals surface area (Å²) in [6, 6.07) is 11.2. The lowest BCUT2D eigenvalue weighted by Crippen LogP contribution is -2.44. The minimum atomic E-state index is -0.902. The number of nitrogens with zero attached hydrogens (tertiary/aromatic N) is 2. The number of rotatable bonds is 6. The third kappa shape index (κ3) is 4.21. The van der Waals surface area contributed by atoms with E-state index in [1.54, 1.807) is 37.3 Å². The first-order chi connectivity index (χ1) is 15.8. The van der Waals surface area contributed by atoms with Gasteiger partial charge < -0.3 is 9.73 Å². The molecule has 0 saturated carbocycles. The van der Waals surface area contributed by atoms with Gasteiger partial charge in [-0.15, -0.1) is 0 Å². The summed E-state index contributed by atoms with van der Waals surface area (Å²) >= 11 is 5.91. The molecule has 1 unspecified atom stereocenters. The average Bonchev–Trinajstić information content (AvgIpc) is 3.31. The number of aryl methyl sites for hydroxylation is 1. The zero-order valence-electron chi connectivity index (χ0n) is 18.0. The normalized spacial score (nSPS) is 12.1. The first-order valence-corrected chi connectivity index (χ1v) is 10.7. The second-order valence-corrected chi connectivity index (χ2v) is 8.04. The first-order valence-electron chi connectivity index (χ1n) is 10.3. The molecular weight excluding hydrogens is 449 g/mol. The molecule has 7 nitrogen and oxygen atoms in total. The van der Waals surface area contributed by atoms with Crippen molar-refractivity contribution in [3.63, 3.8) is 0 Å². The molecule has 0 aliphatic heterocycles. The summed E-state index contributed by atoms with van der Waals surface area (Å²) in [7, 11) is 0. The smallest absolute Gasteiger partial charge is 0.336 e. The predicted molar refractivity (Wildman–Crippen MR) is 123 cm³/mol. The lowest BCUT2D eigenvalue weighted by molar-refractivity contribution is -0.124. The molecule has 33 heavy (non-hydrogen) atoms. The molecule has 0 aliphatic carbocycles. The van der Waals surface area contributed by atoms with E-state index in [4.69, 9.17) is 16.0 Å². The molecular formula is C24H21ClFN3O4. The van der Waals surface area contributed by atoms with Gasteiger partial charge in [-0.05, 0) is 55.8 Å². The van der Waals surface area contributed by atoms with Crippen LogP contribution in [-0.2, 0) is 11.3 Å². The molecule has 9 heteroatoms. The van der Waals surface area contributed by atoms with Gasteiger partial charge in [0.05, 0.1) is 34.4 Å². The summed E-state index contributed by atoms with van der Waals surface area (Å²) in [5.74, 6) is -0.508. The summed E-state index contributed by atoms with van der Waals surface area (Å²) in [5, 5.41) is 2.81. The van der Waals surface area contributed by atoms with E-state index in [1.165, 1.54) is 23.0 Å². The Labute approximate surface area is 193 Å². The fraction of sp³-hybridized carbons (Fsp3) is 0.208. The molecule has 2 aromatic heterocycles. The van der Waals surface area contributed by atoms with Crippen molar-refractivity contribution in [2.75, 3.05) is 0 Å². The van der Waals surface area contributed by atoms with Gasteiger partial charge in [0.1, 0.15) is 17.6 Å². The maximum atomic E-state index is 13.7. The molecule has 1 amide bonds. The van der Waals surface area contributed by atoms with Gasteiger partial charge in [-0.3, -0.25) is 14.2 Å². The number of benzene rings is 2. The highest BCUT2D eigenvalue weighted by Crippen LogP contribution is 2.21. The molecule has 1 N–H and O–H groups in total. The Hall–Kier alpha value is -3.65. The minimum Gasteiger partial charge on any atom is -0.467 e. The first kappa shape index (κ1) is 22.5. The van der Waals surface area contributed by atoms with Crippen molar-refractivity contribution in [1.82, 2.24) is 14.5 Å². The van der Waals surface area contributed by atoms with Crippen LogP contribution >= 0.6 is 11.6 Å². The van der Waals surface area contributed by atoms with Crippen LogP contribution in [0.25, 0.3) is 16.6 Å². The molecule has 0 fully saturated rings. The second kappa shape index (κ2) is 9.07.